The number of carbonyl (C=O) groups is 1. The van der Waals surface area contributed by atoms with Crippen LogP contribution in [-0.2, 0) is 4.79 Å². The minimum Gasteiger partial charge on any atom is -0.359 e. The van der Waals surface area contributed by atoms with Crippen LogP contribution < -0.4 is 0 Å². The maximum absolute atomic E-state index is 12.6. The molecule has 0 saturated carbocycles. The summed E-state index contributed by atoms with van der Waals surface area (Å²) in [5.74, 6) is 0.880. The van der Waals surface area contributed by atoms with Crippen LogP contribution in [0.2, 0.25) is 0 Å². The average molecular weight is 274 g/mol. The molecule has 1 fully saturated rings. The summed E-state index contributed by atoms with van der Waals surface area (Å²) >= 11 is 0. The summed E-state index contributed by atoms with van der Waals surface area (Å²) in [5.41, 5.74) is 0.849. The first-order valence-electron chi connectivity index (χ1n) is 6.88. The molecule has 1 amide bonds. The lowest BCUT2D eigenvalue weighted by molar-refractivity contribution is -0.135. The molecule has 3 heterocycles. The normalized spacial score (nSPS) is 20.3. The van der Waals surface area contributed by atoms with Gasteiger partial charge in [0.25, 0.3) is 0 Å². The number of aryl methyl sites for hydroxylation is 1. The van der Waals surface area contributed by atoms with Gasteiger partial charge in [-0.3, -0.25) is 4.79 Å². The predicted octanol–water partition coefficient (Wildman–Crippen LogP) is 2.10. The van der Waals surface area contributed by atoms with Gasteiger partial charge >= 0.3 is 0 Å². The standard InChI is InChI=1S/C14H18N4O2/c1-10-8-13(20-16-10)12-4-3-6-18(12)14(19)11(2)17-7-5-15-9-17/h5,7-9,11-12H,3-4,6H2,1-2H3/t11-,12+/m0/s1. The Morgan fingerprint density at radius 1 is 1.55 bits per heavy atom. The zero-order valence-electron chi connectivity index (χ0n) is 11.7. The minimum absolute atomic E-state index is 0.00896. The van der Waals surface area contributed by atoms with E-state index in [1.807, 2.05) is 35.6 Å². The summed E-state index contributed by atoms with van der Waals surface area (Å²) < 4.78 is 7.16. The Hall–Kier alpha value is -2.11. The van der Waals surface area contributed by atoms with Gasteiger partial charge in [0, 0.05) is 25.0 Å². The first-order chi connectivity index (χ1) is 9.66. The van der Waals surface area contributed by atoms with E-state index in [9.17, 15) is 4.79 Å². The third-order valence-corrected chi connectivity index (χ3v) is 3.84. The van der Waals surface area contributed by atoms with E-state index in [1.54, 1.807) is 12.5 Å². The van der Waals surface area contributed by atoms with E-state index < -0.39 is 0 Å². The highest BCUT2D eigenvalue weighted by Gasteiger charge is 2.34. The van der Waals surface area contributed by atoms with Crippen molar-refractivity contribution < 1.29 is 9.32 Å². The van der Waals surface area contributed by atoms with E-state index in [0.29, 0.717) is 0 Å². The van der Waals surface area contributed by atoms with E-state index in [4.69, 9.17) is 4.52 Å². The van der Waals surface area contributed by atoms with Crippen molar-refractivity contribution in [3.05, 3.63) is 36.2 Å². The van der Waals surface area contributed by atoms with Gasteiger partial charge < -0.3 is 14.0 Å². The van der Waals surface area contributed by atoms with E-state index in [2.05, 4.69) is 10.1 Å². The van der Waals surface area contributed by atoms with Gasteiger partial charge in [-0.05, 0) is 26.7 Å². The Bertz CT molecular complexity index is 590. The molecule has 20 heavy (non-hydrogen) atoms. The predicted molar refractivity (Wildman–Crippen MR) is 71.9 cm³/mol. The molecular weight excluding hydrogens is 256 g/mol. The van der Waals surface area contributed by atoms with Gasteiger partial charge in [-0.1, -0.05) is 5.16 Å². The number of hydrogen-bond acceptors (Lipinski definition) is 4. The van der Waals surface area contributed by atoms with E-state index in [1.165, 1.54) is 0 Å². The molecule has 0 radical (unpaired) electrons. The van der Waals surface area contributed by atoms with Gasteiger partial charge in [-0.25, -0.2) is 4.98 Å². The Morgan fingerprint density at radius 2 is 2.40 bits per heavy atom. The lowest BCUT2D eigenvalue weighted by Gasteiger charge is -2.26. The van der Waals surface area contributed by atoms with Crippen molar-refractivity contribution in [2.75, 3.05) is 6.54 Å². The molecule has 1 aliphatic heterocycles. The maximum Gasteiger partial charge on any atom is 0.246 e. The first kappa shape index (κ1) is 12.9. The van der Waals surface area contributed by atoms with Crippen LogP contribution in [-0.4, -0.2) is 32.1 Å². The van der Waals surface area contributed by atoms with E-state index >= 15 is 0 Å². The fourth-order valence-corrected chi connectivity index (χ4v) is 2.73. The molecule has 106 valence electrons. The molecule has 0 bridgehead atoms. The number of imidazole rings is 1. The molecular formula is C14H18N4O2. The summed E-state index contributed by atoms with van der Waals surface area (Å²) in [6.45, 7) is 4.55. The molecule has 2 atom stereocenters. The lowest BCUT2D eigenvalue weighted by Crippen LogP contribution is -2.35. The van der Waals surface area contributed by atoms with Crippen LogP contribution >= 0.6 is 0 Å². The van der Waals surface area contributed by atoms with Crippen LogP contribution in [0.5, 0.6) is 0 Å². The molecule has 0 aliphatic carbocycles. The SMILES string of the molecule is Cc1cc([C@H]2CCCN2C(=O)[C@H](C)n2ccnc2)on1. The largest absolute Gasteiger partial charge is 0.359 e. The first-order valence-corrected chi connectivity index (χ1v) is 6.88. The molecule has 2 aromatic heterocycles. The monoisotopic (exact) mass is 274 g/mol. The Morgan fingerprint density at radius 3 is 3.05 bits per heavy atom. The fourth-order valence-electron chi connectivity index (χ4n) is 2.73. The van der Waals surface area contributed by atoms with Crippen molar-refractivity contribution in [1.29, 1.82) is 0 Å². The zero-order valence-corrected chi connectivity index (χ0v) is 11.7. The second kappa shape index (κ2) is 5.11. The van der Waals surface area contributed by atoms with Crippen molar-refractivity contribution in [2.45, 2.75) is 38.8 Å². The molecule has 6 nitrogen and oxygen atoms in total. The van der Waals surface area contributed by atoms with Crippen molar-refractivity contribution in [3.8, 4) is 0 Å². The average Bonchev–Trinajstić information content (AvgIpc) is 3.17. The van der Waals surface area contributed by atoms with Crippen LogP contribution in [0.4, 0.5) is 0 Å². The van der Waals surface area contributed by atoms with Crippen molar-refractivity contribution in [1.82, 2.24) is 19.6 Å². The highest BCUT2D eigenvalue weighted by molar-refractivity contribution is 5.80. The third kappa shape index (κ3) is 2.21. The number of nitrogens with zero attached hydrogens (tertiary/aromatic N) is 4. The Labute approximate surface area is 117 Å². The molecule has 0 N–H and O–H groups in total. The van der Waals surface area contributed by atoms with E-state index in [-0.39, 0.29) is 18.0 Å². The number of rotatable bonds is 3. The maximum atomic E-state index is 12.6. The summed E-state index contributed by atoms with van der Waals surface area (Å²) in [5, 5.41) is 3.92. The zero-order chi connectivity index (χ0) is 14.1. The van der Waals surface area contributed by atoms with Crippen molar-refractivity contribution in [3.63, 3.8) is 0 Å². The quantitative estimate of drug-likeness (QED) is 0.859. The van der Waals surface area contributed by atoms with E-state index in [0.717, 1.165) is 30.8 Å². The molecule has 6 heteroatoms. The number of hydrogen-bond donors (Lipinski definition) is 0. The topological polar surface area (TPSA) is 64.2 Å². The second-order valence-electron chi connectivity index (χ2n) is 5.25. The number of likely N-dealkylation sites (tertiary alicyclic amines) is 1. The Kier molecular flexibility index (Phi) is 3.30. The van der Waals surface area contributed by atoms with Crippen LogP contribution in [0.15, 0.2) is 29.3 Å². The molecule has 3 rings (SSSR count). The molecule has 0 spiro atoms. The minimum atomic E-state index is -0.248. The number of carbonyl (C=O) groups excluding carboxylic acids is 1. The van der Waals surface area contributed by atoms with Gasteiger partial charge in [-0.15, -0.1) is 0 Å². The molecule has 1 aliphatic rings. The molecule has 0 aromatic carbocycles. The molecule has 2 aromatic rings. The highest BCUT2D eigenvalue weighted by Crippen LogP contribution is 2.33. The Balaban J connectivity index is 1.80. The fraction of sp³-hybridized carbons (Fsp3) is 0.500. The summed E-state index contributed by atoms with van der Waals surface area (Å²) in [7, 11) is 0. The summed E-state index contributed by atoms with van der Waals surface area (Å²) in [6.07, 6.45) is 7.09. The van der Waals surface area contributed by atoms with Crippen LogP contribution in [0.1, 0.15) is 43.3 Å². The van der Waals surface area contributed by atoms with Gasteiger partial charge in [-0.2, -0.15) is 0 Å². The lowest BCUT2D eigenvalue weighted by atomic mass is 10.1. The smallest absolute Gasteiger partial charge is 0.246 e. The number of amides is 1. The number of aromatic nitrogens is 3. The van der Waals surface area contributed by atoms with Gasteiger partial charge in [0.2, 0.25) is 5.91 Å². The van der Waals surface area contributed by atoms with Gasteiger partial charge in [0.15, 0.2) is 5.76 Å². The van der Waals surface area contributed by atoms with Gasteiger partial charge in [0.05, 0.1) is 18.1 Å². The summed E-state index contributed by atoms with van der Waals surface area (Å²) in [6, 6.07) is 1.68. The highest BCUT2D eigenvalue weighted by atomic mass is 16.5. The van der Waals surface area contributed by atoms with Crippen molar-refractivity contribution >= 4 is 5.91 Å². The third-order valence-electron chi connectivity index (χ3n) is 3.84. The second-order valence-corrected chi connectivity index (χ2v) is 5.25. The van der Waals surface area contributed by atoms with Crippen LogP contribution in [0, 0.1) is 6.92 Å². The van der Waals surface area contributed by atoms with Crippen LogP contribution in [0.3, 0.4) is 0 Å². The van der Waals surface area contributed by atoms with Gasteiger partial charge in [0.1, 0.15) is 6.04 Å². The van der Waals surface area contributed by atoms with Crippen LogP contribution in [0.25, 0.3) is 0 Å². The summed E-state index contributed by atoms with van der Waals surface area (Å²) in [4.78, 5) is 18.5. The molecule has 0 unspecified atom stereocenters. The van der Waals surface area contributed by atoms with Crippen molar-refractivity contribution in [2.24, 2.45) is 0 Å². The molecule has 1 saturated heterocycles.